The third-order valence-electron chi connectivity index (χ3n) is 8.90. The average molecular weight is 375 g/mol. The summed E-state index contributed by atoms with van der Waals surface area (Å²) >= 11 is 0. The molecule has 4 nitrogen and oxygen atoms in total. The van der Waals surface area contributed by atoms with E-state index in [4.69, 9.17) is 4.74 Å². The first kappa shape index (κ1) is 19.2. The lowest BCUT2D eigenvalue weighted by atomic mass is 9.46. The van der Waals surface area contributed by atoms with Crippen LogP contribution in [0.15, 0.2) is 11.6 Å². The summed E-state index contributed by atoms with van der Waals surface area (Å²) in [5, 5.41) is 9.41. The third-order valence-corrected chi connectivity index (χ3v) is 8.90. The van der Waals surface area contributed by atoms with Crippen molar-refractivity contribution in [1.29, 1.82) is 0 Å². The fourth-order valence-corrected chi connectivity index (χ4v) is 7.49. The number of carbonyl (C=O) groups excluding carboxylic acids is 2. The Bertz CT molecular complexity index is 667. The predicted octanol–water partition coefficient (Wildman–Crippen LogP) is 4.06. The normalized spacial score (nSPS) is 45.9. The number of allylic oxidation sites excluding steroid dienone is 2. The minimum atomic E-state index is -0.327. The van der Waals surface area contributed by atoms with Crippen LogP contribution in [0, 0.1) is 34.5 Å². The smallest absolute Gasteiger partial charge is 0.302 e. The molecule has 0 radical (unpaired) electrons. The van der Waals surface area contributed by atoms with Crippen LogP contribution in [0.1, 0.15) is 72.1 Å². The second-order valence-corrected chi connectivity index (χ2v) is 10.0. The number of carbonyl (C=O) groups is 2. The molecule has 150 valence electrons. The van der Waals surface area contributed by atoms with E-state index >= 15 is 0 Å². The monoisotopic (exact) mass is 374 g/mol. The van der Waals surface area contributed by atoms with E-state index in [9.17, 15) is 14.7 Å². The quantitative estimate of drug-likeness (QED) is 0.598. The molecular weight excluding hydrogens is 340 g/mol. The van der Waals surface area contributed by atoms with Gasteiger partial charge in [-0.3, -0.25) is 9.59 Å². The lowest BCUT2D eigenvalue weighted by molar-refractivity contribution is -0.155. The second-order valence-electron chi connectivity index (χ2n) is 10.0. The molecule has 0 bridgehead atoms. The molecule has 1 N–H and O–H groups in total. The van der Waals surface area contributed by atoms with Crippen molar-refractivity contribution in [3.8, 4) is 0 Å². The van der Waals surface area contributed by atoms with E-state index < -0.39 is 0 Å². The van der Waals surface area contributed by atoms with Crippen molar-refractivity contribution in [2.75, 3.05) is 6.61 Å². The summed E-state index contributed by atoms with van der Waals surface area (Å²) in [6.07, 6.45) is 11.0. The van der Waals surface area contributed by atoms with Crippen molar-refractivity contribution in [3.05, 3.63) is 11.6 Å². The molecule has 3 fully saturated rings. The Labute approximate surface area is 162 Å². The van der Waals surface area contributed by atoms with E-state index in [0.29, 0.717) is 23.2 Å². The van der Waals surface area contributed by atoms with Crippen LogP contribution in [0.2, 0.25) is 0 Å². The molecule has 0 saturated heterocycles. The number of aliphatic hydroxyl groups excluding tert-OH is 1. The summed E-state index contributed by atoms with van der Waals surface area (Å²) in [5.74, 6) is 1.75. The van der Waals surface area contributed by atoms with Crippen LogP contribution in [-0.2, 0) is 14.3 Å². The lowest BCUT2D eigenvalue weighted by Crippen LogP contribution is -2.52. The molecule has 0 unspecified atom stereocenters. The minimum Gasteiger partial charge on any atom is -0.463 e. The Morgan fingerprint density at radius 3 is 2.67 bits per heavy atom. The number of esters is 1. The van der Waals surface area contributed by atoms with Crippen LogP contribution >= 0.6 is 0 Å². The topological polar surface area (TPSA) is 63.6 Å². The number of Topliss-reactive ketones (excluding diaryl/α,β-unsaturated/α-hetero) is 1. The van der Waals surface area contributed by atoms with Gasteiger partial charge in [-0.15, -0.1) is 0 Å². The van der Waals surface area contributed by atoms with Crippen LogP contribution in [0.4, 0.5) is 0 Å². The van der Waals surface area contributed by atoms with Gasteiger partial charge in [-0.25, -0.2) is 0 Å². The largest absolute Gasteiger partial charge is 0.463 e. The maximum absolute atomic E-state index is 12.3. The zero-order valence-electron chi connectivity index (χ0n) is 17.0. The minimum absolute atomic E-state index is 0.0176. The van der Waals surface area contributed by atoms with Gasteiger partial charge in [-0.05, 0) is 80.0 Å². The van der Waals surface area contributed by atoms with Crippen molar-refractivity contribution in [3.63, 3.8) is 0 Å². The van der Waals surface area contributed by atoms with Crippen LogP contribution in [0.3, 0.4) is 0 Å². The van der Waals surface area contributed by atoms with E-state index in [2.05, 4.69) is 19.9 Å². The summed E-state index contributed by atoms with van der Waals surface area (Å²) in [6.45, 7) is 5.94. The molecule has 0 aromatic rings. The maximum Gasteiger partial charge on any atom is 0.302 e. The summed E-state index contributed by atoms with van der Waals surface area (Å²) in [5.41, 5.74) is 1.80. The highest BCUT2D eigenvalue weighted by molar-refractivity contribution is 5.84. The summed E-state index contributed by atoms with van der Waals surface area (Å²) in [4.78, 5) is 23.7. The third kappa shape index (κ3) is 2.90. The average Bonchev–Trinajstić information content (AvgIpc) is 2.98. The van der Waals surface area contributed by atoms with Crippen molar-refractivity contribution >= 4 is 11.8 Å². The van der Waals surface area contributed by atoms with Crippen LogP contribution < -0.4 is 0 Å². The van der Waals surface area contributed by atoms with Gasteiger partial charge >= 0.3 is 5.97 Å². The van der Waals surface area contributed by atoms with Gasteiger partial charge in [0.25, 0.3) is 0 Å². The Hall–Kier alpha value is -1.16. The van der Waals surface area contributed by atoms with E-state index in [1.165, 1.54) is 31.8 Å². The molecule has 0 amide bonds. The SMILES string of the molecule is CC(=O)O[C@H]1CC[C@@]2(C)[C@@H](CC[C@H]3C4=CC[C@H](C(=O)CO)[C@@]4(C)CC[C@@H]32)C1. The van der Waals surface area contributed by atoms with Gasteiger partial charge in [0.2, 0.25) is 0 Å². The lowest BCUT2D eigenvalue weighted by Gasteiger charge is -2.59. The van der Waals surface area contributed by atoms with Gasteiger partial charge in [0.05, 0.1) is 0 Å². The van der Waals surface area contributed by atoms with Gasteiger partial charge in [-0.1, -0.05) is 25.5 Å². The number of rotatable bonds is 3. The van der Waals surface area contributed by atoms with Crippen molar-refractivity contribution in [1.82, 2.24) is 0 Å². The molecule has 27 heavy (non-hydrogen) atoms. The summed E-state index contributed by atoms with van der Waals surface area (Å²) < 4.78 is 5.55. The summed E-state index contributed by atoms with van der Waals surface area (Å²) in [7, 11) is 0. The molecule has 7 atom stereocenters. The van der Waals surface area contributed by atoms with Crippen LogP contribution in [-0.4, -0.2) is 29.6 Å². The van der Waals surface area contributed by atoms with Crippen molar-refractivity contribution < 1.29 is 19.4 Å². The first-order valence-corrected chi connectivity index (χ1v) is 10.8. The number of hydrogen-bond donors (Lipinski definition) is 1. The highest BCUT2D eigenvalue weighted by Gasteiger charge is 2.58. The molecule has 0 heterocycles. The van der Waals surface area contributed by atoms with Crippen molar-refractivity contribution in [2.45, 2.75) is 78.2 Å². The molecule has 4 aliphatic carbocycles. The van der Waals surface area contributed by atoms with E-state index in [1.807, 2.05) is 0 Å². The fraction of sp³-hybridized carbons (Fsp3) is 0.826. The molecule has 0 aromatic heterocycles. The van der Waals surface area contributed by atoms with Crippen molar-refractivity contribution in [2.24, 2.45) is 34.5 Å². The first-order chi connectivity index (χ1) is 12.8. The van der Waals surface area contributed by atoms with Gasteiger partial charge in [0.1, 0.15) is 12.7 Å². The van der Waals surface area contributed by atoms with Crippen LogP contribution in [0.25, 0.3) is 0 Å². The number of hydrogen-bond acceptors (Lipinski definition) is 4. The van der Waals surface area contributed by atoms with Gasteiger partial charge in [0, 0.05) is 12.8 Å². The molecule has 3 saturated carbocycles. The molecule has 0 aliphatic heterocycles. The highest BCUT2D eigenvalue weighted by Crippen LogP contribution is 2.66. The predicted molar refractivity (Wildman–Crippen MR) is 103 cm³/mol. The number of ketones is 1. The molecule has 4 rings (SSSR count). The highest BCUT2D eigenvalue weighted by atomic mass is 16.5. The fourth-order valence-electron chi connectivity index (χ4n) is 7.49. The van der Waals surface area contributed by atoms with Gasteiger partial charge in [0.15, 0.2) is 5.78 Å². The standard InChI is InChI=1S/C23H34O4/c1-14(25)27-16-8-10-22(2)15(12-16)4-5-17-18-6-7-20(21(26)13-24)23(18,3)11-9-19(17)22/h6,15-17,19-20,24H,4-5,7-13H2,1-3H3/t15-,16-,17-,19-,20+,22-,23-/m0/s1. The maximum atomic E-state index is 12.3. The Morgan fingerprint density at radius 2 is 1.96 bits per heavy atom. The molecular formula is C23H34O4. The zero-order valence-corrected chi connectivity index (χ0v) is 17.0. The van der Waals surface area contributed by atoms with Crippen LogP contribution in [0.5, 0.6) is 0 Å². The molecule has 0 spiro atoms. The Balaban J connectivity index is 1.54. The van der Waals surface area contributed by atoms with Gasteiger partial charge < -0.3 is 9.84 Å². The number of fused-ring (bicyclic) bond motifs is 5. The van der Waals surface area contributed by atoms with E-state index in [0.717, 1.165) is 32.1 Å². The number of aliphatic hydroxyl groups is 1. The number of ether oxygens (including phenoxy) is 1. The zero-order chi connectivity index (χ0) is 19.4. The molecule has 4 heteroatoms. The van der Waals surface area contributed by atoms with E-state index in [-0.39, 0.29) is 35.8 Å². The molecule has 4 aliphatic rings. The van der Waals surface area contributed by atoms with E-state index in [1.54, 1.807) is 0 Å². The Morgan fingerprint density at radius 1 is 1.19 bits per heavy atom. The second kappa shape index (κ2) is 6.72. The Kier molecular flexibility index (Phi) is 4.77. The van der Waals surface area contributed by atoms with Gasteiger partial charge in [-0.2, -0.15) is 0 Å². The summed E-state index contributed by atoms with van der Waals surface area (Å²) in [6, 6.07) is 0. The first-order valence-electron chi connectivity index (χ1n) is 10.8. The molecule has 0 aromatic carbocycles.